The zero-order valence-electron chi connectivity index (χ0n) is 14.0. The second-order valence-corrected chi connectivity index (χ2v) is 6.56. The summed E-state index contributed by atoms with van der Waals surface area (Å²) in [4.78, 5) is 4.24. The fourth-order valence-corrected chi connectivity index (χ4v) is 2.80. The van der Waals surface area contributed by atoms with Crippen LogP contribution in [0.15, 0.2) is 48.8 Å². The first-order valence-corrected chi connectivity index (χ1v) is 8.58. The lowest BCUT2D eigenvalue weighted by Gasteiger charge is -2.11. The summed E-state index contributed by atoms with van der Waals surface area (Å²) in [6.45, 7) is 4.66. The lowest BCUT2D eigenvalue weighted by atomic mass is 10.1. The summed E-state index contributed by atoms with van der Waals surface area (Å²) in [5.74, 6) is 0.449. The Bertz CT molecular complexity index is 906. The van der Waals surface area contributed by atoms with Gasteiger partial charge in [-0.05, 0) is 49.3 Å². The Morgan fingerprint density at radius 3 is 2.76 bits per heavy atom. The van der Waals surface area contributed by atoms with Crippen molar-refractivity contribution in [3.05, 3.63) is 70.5 Å². The van der Waals surface area contributed by atoms with Crippen LogP contribution in [-0.4, -0.2) is 19.9 Å². The van der Waals surface area contributed by atoms with Gasteiger partial charge in [-0.25, -0.2) is 9.67 Å². The largest absolute Gasteiger partial charge is 0.332 e. The molecule has 0 atom stereocenters. The number of aromatic nitrogens is 3. The molecule has 0 fully saturated rings. The number of benzene rings is 2. The lowest BCUT2D eigenvalue weighted by Crippen LogP contribution is -2.20. The Labute approximate surface area is 157 Å². The summed E-state index contributed by atoms with van der Waals surface area (Å²) in [6.07, 6.45) is 1.68. The number of rotatable bonds is 4. The number of halogens is 1. The maximum Gasteiger partial charge on any atom is 0.248 e. The molecule has 7 heteroatoms. The summed E-state index contributed by atoms with van der Waals surface area (Å²) in [5.41, 5.74) is 4.18. The quantitative estimate of drug-likeness (QED) is 0.665. The minimum Gasteiger partial charge on any atom is -0.332 e. The summed E-state index contributed by atoms with van der Waals surface area (Å²) in [5, 5.41) is 11.6. The molecule has 0 aliphatic heterocycles. The molecule has 3 aromatic rings. The van der Waals surface area contributed by atoms with Crippen molar-refractivity contribution >= 4 is 40.6 Å². The van der Waals surface area contributed by atoms with Crippen molar-refractivity contribution in [3.63, 3.8) is 0 Å². The van der Waals surface area contributed by atoms with Crippen molar-refractivity contribution in [2.45, 2.75) is 20.4 Å². The molecule has 25 heavy (non-hydrogen) atoms. The molecule has 2 N–H and O–H groups in total. The number of anilines is 2. The summed E-state index contributed by atoms with van der Waals surface area (Å²) >= 11 is 11.4. The van der Waals surface area contributed by atoms with Crippen LogP contribution < -0.4 is 10.6 Å². The smallest absolute Gasteiger partial charge is 0.248 e. The highest BCUT2D eigenvalue weighted by atomic mass is 35.5. The van der Waals surface area contributed by atoms with Gasteiger partial charge in [0, 0.05) is 10.7 Å². The Morgan fingerprint density at radius 1 is 1.16 bits per heavy atom. The maximum atomic E-state index is 6.12. The van der Waals surface area contributed by atoms with E-state index in [0.29, 0.717) is 22.6 Å². The van der Waals surface area contributed by atoms with Gasteiger partial charge in [-0.3, -0.25) is 5.32 Å². The first-order chi connectivity index (χ1) is 12.0. The van der Waals surface area contributed by atoms with Gasteiger partial charge in [-0.2, -0.15) is 0 Å². The van der Waals surface area contributed by atoms with Gasteiger partial charge in [0.15, 0.2) is 5.11 Å². The fraction of sp³-hybridized carbons (Fsp3) is 0.167. The van der Waals surface area contributed by atoms with Crippen LogP contribution >= 0.6 is 23.8 Å². The second-order valence-electron chi connectivity index (χ2n) is 5.75. The molecule has 0 aliphatic carbocycles. The van der Waals surface area contributed by atoms with Crippen LogP contribution in [0.1, 0.15) is 16.7 Å². The van der Waals surface area contributed by atoms with E-state index in [9.17, 15) is 0 Å². The predicted octanol–water partition coefficient (Wildman–Crippen LogP) is 4.41. The monoisotopic (exact) mass is 371 g/mol. The van der Waals surface area contributed by atoms with Crippen LogP contribution in [0.5, 0.6) is 0 Å². The van der Waals surface area contributed by atoms with Gasteiger partial charge in [0.1, 0.15) is 6.33 Å². The maximum absolute atomic E-state index is 6.12. The molecular weight excluding hydrogens is 354 g/mol. The highest BCUT2D eigenvalue weighted by Gasteiger charge is 2.07. The zero-order chi connectivity index (χ0) is 17.8. The third kappa shape index (κ3) is 4.55. The van der Waals surface area contributed by atoms with Crippen molar-refractivity contribution < 1.29 is 0 Å². The van der Waals surface area contributed by atoms with Crippen molar-refractivity contribution in [1.82, 2.24) is 14.8 Å². The Morgan fingerprint density at radius 2 is 1.96 bits per heavy atom. The topological polar surface area (TPSA) is 54.8 Å². The molecular formula is C18H18ClN5S. The molecule has 0 unspecified atom stereocenters. The highest BCUT2D eigenvalue weighted by molar-refractivity contribution is 7.80. The van der Waals surface area contributed by atoms with Crippen LogP contribution in [0, 0.1) is 13.8 Å². The third-order valence-electron chi connectivity index (χ3n) is 3.70. The molecule has 1 heterocycles. The number of thiocarbonyl (C=S) groups is 1. The van der Waals surface area contributed by atoms with Crippen LogP contribution in [0.25, 0.3) is 0 Å². The van der Waals surface area contributed by atoms with Crippen molar-refractivity contribution in [2.24, 2.45) is 0 Å². The summed E-state index contributed by atoms with van der Waals surface area (Å²) in [7, 11) is 0. The Hall–Kier alpha value is -2.44. The van der Waals surface area contributed by atoms with Gasteiger partial charge in [0.25, 0.3) is 0 Å². The Kier molecular flexibility index (Phi) is 5.31. The number of hydrogen-bond donors (Lipinski definition) is 2. The van der Waals surface area contributed by atoms with Crippen LogP contribution in [-0.2, 0) is 6.54 Å². The minimum absolute atomic E-state index is 0.415. The summed E-state index contributed by atoms with van der Waals surface area (Å²) in [6, 6.07) is 13.9. The van der Waals surface area contributed by atoms with E-state index in [1.807, 2.05) is 31.2 Å². The number of nitrogens with one attached hydrogen (secondary N) is 2. The van der Waals surface area contributed by atoms with Crippen LogP contribution in [0.4, 0.5) is 11.6 Å². The molecule has 3 rings (SSSR count). The number of hydrogen-bond acceptors (Lipinski definition) is 3. The van der Waals surface area contributed by atoms with Crippen molar-refractivity contribution in [1.29, 1.82) is 0 Å². The molecule has 1 aromatic heterocycles. The van der Waals surface area contributed by atoms with Crippen LogP contribution in [0.2, 0.25) is 5.02 Å². The predicted molar refractivity (Wildman–Crippen MR) is 106 cm³/mol. The molecule has 0 aliphatic rings. The third-order valence-corrected chi connectivity index (χ3v) is 4.32. The van der Waals surface area contributed by atoms with E-state index in [1.54, 1.807) is 11.0 Å². The average Bonchev–Trinajstić information content (AvgIpc) is 2.98. The molecule has 0 radical (unpaired) electrons. The fourth-order valence-electron chi connectivity index (χ4n) is 2.42. The van der Waals surface area contributed by atoms with E-state index in [-0.39, 0.29) is 0 Å². The van der Waals surface area contributed by atoms with Gasteiger partial charge in [-0.15, -0.1) is 5.10 Å². The molecule has 128 valence electrons. The molecule has 2 aromatic carbocycles. The second kappa shape index (κ2) is 7.63. The van der Waals surface area contributed by atoms with E-state index in [1.165, 1.54) is 11.1 Å². The van der Waals surface area contributed by atoms with Gasteiger partial charge < -0.3 is 5.32 Å². The number of nitrogens with zero attached hydrogens (tertiary/aromatic N) is 3. The van der Waals surface area contributed by atoms with E-state index in [4.69, 9.17) is 23.8 Å². The van der Waals surface area contributed by atoms with Gasteiger partial charge >= 0.3 is 0 Å². The SMILES string of the molecule is Cc1cccc(Cn2cnc(NC(=S)Nc3cccc(Cl)c3C)n2)c1. The van der Waals surface area contributed by atoms with E-state index < -0.39 is 0 Å². The van der Waals surface area contributed by atoms with Gasteiger partial charge in [-0.1, -0.05) is 47.5 Å². The number of aryl methyl sites for hydroxylation is 1. The zero-order valence-corrected chi connectivity index (χ0v) is 15.5. The van der Waals surface area contributed by atoms with E-state index in [2.05, 4.69) is 45.8 Å². The van der Waals surface area contributed by atoms with Crippen molar-refractivity contribution in [3.8, 4) is 0 Å². The van der Waals surface area contributed by atoms with Gasteiger partial charge in [0.2, 0.25) is 5.95 Å². The molecule has 0 bridgehead atoms. The summed E-state index contributed by atoms with van der Waals surface area (Å²) < 4.78 is 1.77. The first-order valence-electron chi connectivity index (χ1n) is 7.79. The molecule has 0 saturated carbocycles. The Balaban J connectivity index is 1.63. The average molecular weight is 372 g/mol. The minimum atomic E-state index is 0.415. The standard InChI is InChI=1S/C18H18ClN5S/c1-12-5-3-6-14(9-12)10-24-11-20-17(23-24)22-18(25)21-16-8-4-7-15(19)13(16)2/h3-9,11H,10H2,1-2H3,(H2,21,22,23,25). The molecule has 0 amide bonds. The van der Waals surface area contributed by atoms with E-state index in [0.717, 1.165) is 11.3 Å². The highest BCUT2D eigenvalue weighted by Crippen LogP contribution is 2.23. The lowest BCUT2D eigenvalue weighted by molar-refractivity contribution is 0.687. The van der Waals surface area contributed by atoms with Crippen LogP contribution in [0.3, 0.4) is 0 Å². The first kappa shape index (κ1) is 17.4. The molecule has 0 saturated heterocycles. The van der Waals surface area contributed by atoms with E-state index >= 15 is 0 Å². The molecule has 0 spiro atoms. The van der Waals surface area contributed by atoms with Crippen molar-refractivity contribution in [2.75, 3.05) is 10.6 Å². The normalized spacial score (nSPS) is 10.5. The molecule has 5 nitrogen and oxygen atoms in total. The van der Waals surface area contributed by atoms with Gasteiger partial charge in [0.05, 0.1) is 6.54 Å².